The van der Waals surface area contributed by atoms with Crippen molar-refractivity contribution in [2.45, 2.75) is 31.1 Å². The lowest BCUT2D eigenvalue weighted by molar-refractivity contribution is -0.134. The number of amides is 2. The highest BCUT2D eigenvalue weighted by molar-refractivity contribution is 7.91. The van der Waals surface area contributed by atoms with Crippen molar-refractivity contribution in [3.8, 4) is 0 Å². The number of hydrogen-bond acceptors (Lipinski definition) is 4. The first kappa shape index (κ1) is 17.9. The van der Waals surface area contributed by atoms with Crippen molar-refractivity contribution in [3.05, 3.63) is 29.8 Å². The Bertz CT molecular complexity index is 763. The summed E-state index contributed by atoms with van der Waals surface area (Å²) in [5.41, 5.74) is 0.234. The van der Waals surface area contributed by atoms with Crippen LogP contribution in [0.5, 0.6) is 0 Å². The highest BCUT2D eigenvalue weighted by atomic mass is 32.2. The van der Waals surface area contributed by atoms with Crippen LogP contribution in [-0.2, 0) is 14.6 Å². The van der Waals surface area contributed by atoms with Crippen LogP contribution in [0, 0.1) is 5.92 Å². The Morgan fingerprint density at radius 1 is 1.04 bits per heavy atom. The largest absolute Gasteiger partial charge is 0.339 e. The summed E-state index contributed by atoms with van der Waals surface area (Å²) in [6.45, 7) is 3.73. The Kier molecular flexibility index (Phi) is 5.13. The van der Waals surface area contributed by atoms with E-state index in [-0.39, 0.29) is 33.9 Å². The van der Waals surface area contributed by atoms with Crippen molar-refractivity contribution in [1.82, 2.24) is 9.80 Å². The van der Waals surface area contributed by atoms with Crippen molar-refractivity contribution in [2.75, 3.05) is 31.9 Å². The maximum absolute atomic E-state index is 12.9. The molecule has 0 aromatic heterocycles. The van der Waals surface area contributed by atoms with Crippen molar-refractivity contribution < 1.29 is 18.0 Å². The van der Waals surface area contributed by atoms with Gasteiger partial charge in [0.25, 0.3) is 5.91 Å². The number of hydrogen-bond donors (Lipinski definition) is 0. The average molecular weight is 364 g/mol. The zero-order valence-corrected chi connectivity index (χ0v) is 15.3. The van der Waals surface area contributed by atoms with Crippen LogP contribution >= 0.6 is 0 Å². The Labute approximate surface area is 148 Å². The fraction of sp³-hybridized carbons (Fsp3) is 0.556. The van der Waals surface area contributed by atoms with Crippen LogP contribution in [0.15, 0.2) is 29.2 Å². The zero-order valence-electron chi connectivity index (χ0n) is 14.5. The van der Waals surface area contributed by atoms with Gasteiger partial charge in [-0.25, -0.2) is 8.42 Å². The standard InChI is InChI=1S/C18H24N2O4S/c1-2-13-25(23,24)16-6-4-3-5-15(16)18(22)20-11-9-19(10-12-20)17(21)14-7-8-14/h3-6,14H,2,7-13H2,1H3. The molecule has 1 aromatic rings. The number of rotatable bonds is 5. The fourth-order valence-electron chi connectivity index (χ4n) is 3.18. The lowest BCUT2D eigenvalue weighted by Gasteiger charge is -2.35. The number of carbonyl (C=O) groups excluding carboxylic acids is 2. The molecule has 1 heterocycles. The molecule has 1 saturated heterocycles. The van der Waals surface area contributed by atoms with Gasteiger partial charge in [0.1, 0.15) is 0 Å². The molecule has 136 valence electrons. The fourth-order valence-corrected chi connectivity index (χ4v) is 4.72. The molecule has 7 heteroatoms. The van der Waals surface area contributed by atoms with Crippen LogP contribution in [0.3, 0.4) is 0 Å². The Morgan fingerprint density at radius 2 is 1.64 bits per heavy atom. The number of piperazine rings is 1. The lowest BCUT2D eigenvalue weighted by atomic mass is 10.1. The minimum atomic E-state index is -3.46. The molecule has 2 aliphatic rings. The van der Waals surface area contributed by atoms with Crippen LogP contribution in [0.1, 0.15) is 36.5 Å². The first-order chi connectivity index (χ1) is 11.9. The highest BCUT2D eigenvalue weighted by Gasteiger charge is 2.35. The summed E-state index contributed by atoms with van der Waals surface area (Å²) in [4.78, 5) is 28.5. The molecule has 1 aliphatic carbocycles. The van der Waals surface area contributed by atoms with Crippen LogP contribution in [-0.4, -0.2) is 62.0 Å². The molecule has 1 aliphatic heterocycles. The second kappa shape index (κ2) is 7.15. The van der Waals surface area contributed by atoms with E-state index in [1.165, 1.54) is 6.07 Å². The number of benzene rings is 1. The molecular formula is C18H24N2O4S. The van der Waals surface area contributed by atoms with Gasteiger partial charge in [0.2, 0.25) is 5.91 Å². The van der Waals surface area contributed by atoms with E-state index in [9.17, 15) is 18.0 Å². The summed E-state index contributed by atoms with van der Waals surface area (Å²) in [5.74, 6) is 0.134. The van der Waals surface area contributed by atoms with Gasteiger partial charge in [-0.2, -0.15) is 0 Å². The lowest BCUT2D eigenvalue weighted by Crippen LogP contribution is -2.51. The third kappa shape index (κ3) is 3.86. The number of nitrogens with zero attached hydrogens (tertiary/aromatic N) is 2. The monoisotopic (exact) mass is 364 g/mol. The van der Waals surface area contributed by atoms with Crippen LogP contribution in [0.25, 0.3) is 0 Å². The predicted molar refractivity (Wildman–Crippen MR) is 94.0 cm³/mol. The molecule has 2 amide bonds. The smallest absolute Gasteiger partial charge is 0.255 e. The van der Waals surface area contributed by atoms with Gasteiger partial charge < -0.3 is 9.80 Å². The molecule has 6 nitrogen and oxygen atoms in total. The molecule has 0 N–H and O–H groups in total. The van der Waals surface area contributed by atoms with E-state index in [1.807, 2.05) is 4.90 Å². The van der Waals surface area contributed by atoms with Gasteiger partial charge in [-0.1, -0.05) is 19.1 Å². The van der Waals surface area contributed by atoms with Gasteiger partial charge in [0.05, 0.1) is 16.2 Å². The minimum Gasteiger partial charge on any atom is -0.339 e. The van der Waals surface area contributed by atoms with E-state index in [2.05, 4.69) is 0 Å². The summed E-state index contributed by atoms with van der Waals surface area (Å²) >= 11 is 0. The summed E-state index contributed by atoms with van der Waals surface area (Å²) < 4.78 is 24.9. The minimum absolute atomic E-state index is 0.0287. The summed E-state index contributed by atoms with van der Waals surface area (Å²) in [5, 5.41) is 0. The van der Waals surface area contributed by atoms with Gasteiger partial charge in [0, 0.05) is 32.1 Å². The second-order valence-corrected chi connectivity index (χ2v) is 8.78. The molecule has 1 aromatic carbocycles. The molecule has 1 saturated carbocycles. The van der Waals surface area contributed by atoms with Gasteiger partial charge in [-0.05, 0) is 31.4 Å². The van der Waals surface area contributed by atoms with Crippen molar-refractivity contribution in [2.24, 2.45) is 5.92 Å². The molecule has 0 atom stereocenters. The van der Waals surface area contributed by atoms with Gasteiger partial charge in [0.15, 0.2) is 9.84 Å². The van der Waals surface area contributed by atoms with E-state index in [0.717, 1.165) is 12.8 Å². The first-order valence-corrected chi connectivity index (χ1v) is 10.5. The second-order valence-electron chi connectivity index (χ2n) is 6.71. The van der Waals surface area contributed by atoms with Crippen molar-refractivity contribution >= 4 is 21.7 Å². The quantitative estimate of drug-likeness (QED) is 0.795. The zero-order chi connectivity index (χ0) is 18.0. The molecular weight excluding hydrogens is 340 g/mol. The van der Waals surface area contributed by atoms with Crippen LogP contribution < -0.4 is 0 Å². The number of carbonyl (C=O) groups is 2. The molecule has 25 heavy (non-hydrogen) atoms. The topological polar surface area (TPSA) is 74.8 Å². The van der Waals surface area contributed by atoms with Gasteiger partial charge in [-0.3, -0.25) is 9.59 Å². The molecule has 0 unspecified atom stereocenters. The Morgan fingerprint density at radius 3 is 2.24 bits per heavy atom. The van der Waals surface area contributed by atoms with Crippen molar-refractivity contribution in [1.29, 1.82) is 0 Å². The molecule has 2 fully saturated rings. The third-order valence-corrected chi connectivity index (χ3v) is 6.70. The molecule has 3 rings (SSSR count). The maximum atomic E-state index is 12.9. The van der Waals surface area contributed by atoms with E-state index in [4.69, 9.17) is 0 Å². The van der Waals surface area contributed by atoms with E-state index >= 15 is 0 Å². The maximum Gasteiger partial charge on any atom is 0.255 e. The van der Waals surface area contributed by atoms with E-state index in [0.29, 0.717) is 32.6 Å². The van der Waals surface area contributed by atoms with E-state index < -0.39 is 9.84 Å². The Balaban J connectivity index is 1.73. The SMILES string of the molecule is CCCS(=O)(=O)c1ccccc1C(=O)N1CCN(C(=O)C2CC2)CC1. The van der Waals surface area contributed by atoms with Gasteiger partial charge in [-0.15, -0.1) is 0 Å². The van der Waals surface area contributed by atoms with Gasteiger partial charge >= 0.3 is 0 Å². The van der Waals surface area contributed by atoms with Crippen LogP contribution in [0.4, 0.5) is 0 Å². The predicted octanol–water partition coefficient (Wildman–Crippen LogP) is 1.56. The molecule has 0 radical (unpaired) electrons. The first-order valence-electron chi connectivity index (χ1n) is 8.84. The van der Waals surface area contributed by atoms with E-state index in [1.54, 1.807) is 30.0 Å². The number of sulfone groups is 1. The molecule has 0 bridgehead atoms. The normalized spacial score (nSPS) is 18.3. The third-order valence-electron chi connectivity index (χ3n) is 4.73. The average Bonchev–Trinajstić information content (AvgIpc) is 3.46. The highest BCUT2D eigenvalue weighted by Crippen LogP contribution is 2.31. The Hall–Kier alpha value is -1.89. The summed E-state index contributed by atoms with van der Waals surface area (Å²) in [6.07, 6.45) is 2.45. The van der Waals surface area contributed by atoms with Crippen molar-refractivity contribution in [3.63, 3.8) is 0 Å². The summed E-state index contributed by atoms with van der Waals surface area (Å²) in [6, 6.07) is 6.41. The summed E-state index contributed by atoms with van der Waals surface area (Å²) in [7, 11) is -3.46. The molecule has 0 spiro atoms. The van der Waals surface area contributed by atoms with Crippen LogP contribution in [0.2, 0.25) is 0 Å².